The number of ether oxygens (including phenoxy) is 3. The van der Waals surface area contributed by atoms with E-state index >= 15 is 0 Å². The van der Waals surface area contributed by atoms with E-state index < -0.39 is 16.1 Å². The lowest BCUT2D eigenvalue weighted by molar-refractivity contribution is 0.262. The van der Waals surface area contributed by atoms with Crippen LogP contribution in [0.1, 0.15) is 11.6 Å². The molecule has 3 rings (SSSR count). The van der Waals surface area contributed by atoms with E-state index in [4.69, 9.17) is 14.2 Å². The molecular formula is C19H25ClN2O5S. The Balaban J connectivity index is 0.00000280. The molecule has 0 bridgehead atoms. The highest BCUT2D eigenvalue weighted by atomic mass is 35.5. The largest absolute Gasteiger partial charge is 0.496 e. The van der Waals surface area contributed by atoms with E-state index in [0.29, 0.717) is 25.4 Å². The molecule has 1 fully saturated rings. The highest BCUT2D eigenvalue weighted by molar-refractivity contribution is 7.89. The van der Waals surface area contributed by atoms with Crippen molar-refractivity contribution in [2.75, 3.05) is 41.0 Å². The molecule has 1 aliphatic rings. The van der Waals surface area contributed by atoms with Gasteiger partial charge in [-0.2, -0.15) is 4.31 Å². The molecule has 1 aliphatic heterocycles. The fourth-order valence-electron chi connectivity index (χ4n) is 3.37. The van der Waals surface area contributed by atoms with Crippen LogP contribution >= 0.6 is 12.4 Å². The van der Waals surface area contributed by atoms with Crippen molar-refractivity contribution in [3.63, 3.8) is 0 Å². The minimum atomic E-state index is -3.88. The first-order valence-corrected chi connectivity index (χ1v) is 10.0. The summed E-state index contributed by atoms with van der Waals surface area (Å²) in [6.45, 7) is 1.37. The molecular weight excluding hydrogens is 404 g/mol. The Morgan fingerprint density at radius 2 is 1.50 bits per heavy atom. The number of halogens is 1. The van der Waals surface area contributed by atoms with Crippen LogP contribution in [0, 0.1) is 0 Å². The van der Waals surface area contributed by atoms with Gasteiger partial charge in [-0.05, 0) is 18.2 Å². The van der Waals surface area contributed by atoms with E-state index in [9.17, 15) is 8.42 Å². The zero-order valence-electron chi connectivity index (χ0n) is 16.0. The summed E-state index contributed by atoms with van der Waals surface area (Å²) in [5.41, 5.74) is 0.810. The normalized spacial score (nSPS) is 17.5. The SMILES string of the molecule is COc1ccccc1C1CNCCN1S(=O)(=O)c1c(OC)cccc1OC.Cl. The number of nitrogens with zero attached hydrogens (tertiary/aromatic N) is 1. The van der Waals surface area contributed by atoms with Crippen LogP contribution in [0.15, 0.2) is 47.4 Å². The average molecular weight is 429 g/mol. The summed E-state index contributed by atoms with van der Waals surface area (Å²) in [5.74, 6) is 1.16. The third-order valence-corrected chi connectivity index (χ3v) is 6.61. The molecule has 1 unspecified atom stereocenters. The van der Waals surface area contributed by atoms with Gasteiger partial charge in [-0.1, -0.05) is 24.3 Å². The Labute approximate surface area is 172 Å². The third kappa shape index (κ3) is 4.05. The van der Waals surface area contributed by atoms with E-state index in [-0.39, 0.29) is 28.8 Å². The van der Waals surface area contributed by atoms with E-state index in [0.717, 1.165) is 5.56 Å². The molecule has 1 saturated heterocycles. The molecule has 0 spiro atoms. The molecule has 1 N–H and O–H groups in total. The van der Waals surface area contributed by atoms with Crippen LogP contribution in [-0.2, 0) is 10.0 Å². The summed E-state index contributed by atoms with van der Waals surface area (Å²) in [5, 5.41) is 3.27. The van der Waals surface area contributed by atoms with Crippen molar-refractivity contribution in [2.24, 2.45) is 0 Å². The molecule has 1 atom stereocenters. The van der Waals surface area contributed by atoms with Gasteiger partial charge >= 0.3 is 0 Å². The van der Waals surface area contributed by atoms with Crippen LogP contribution < -0.4 is 19.5 Å². The van der Waals surface area contributed by atoms with E-state index in [1.807, 2.05) is 24.3 Å². The maximum atomic E-state index is 13.6. The Hall–Kier alpha value is -2.00. The van der Waals surface area contributed by atoms with Crippen LogP contribution in [0.3, 0.4) is 0 Å². The second-order valence-corrected chi connectivity index (χ2v) is 7.90. The van der Waals surface area contributed by atoms with Gasteiger partial charge in [-0.3, -0.25) is 0 Å². The number of methoxy groups -OCH3 is 3. The fraction of sp³-hybridized carbons (Fsp3) is 0.368. The zero-order valence-corrected chi connectivity index (χ0v) is 17.7. The maximum absolute atomic E-state index is 13.6. The molecule has 2 aromatic rings. The van der Waals surface area contributed by atoms with Gasteiger partial charge in [0.1, 0.15) is 17.2 Å². The van der Waals surface area contributed by atoms with Crippen LogP contribution in [0.25, 0.3) is 0 Å². The average Bonchev–Trinajstić information content (AvgIpc) is 2.72. The lowest BCUT2D eigenvalue weighted by atomic mass is 10.0. The Morgan fingerprint density at radius 3 is 2.11 bits per heavy atom. The van der Waals surface area contributed by atoms with Crippen molar-refractivity contribution in [1.82, 2.24) is 9.62 Å². The van der Waals surface area contributed by atoms with Crippen molar-refractivity contribution in [2.45, 2.75) is 10.9 Å². The van der Waals surface area contributed by atoms with Gasteiger partial charge in [0.05, 0.1) is 27.4 Å². The summed E-state index contributed by atoms with van der Waals surface area (Å²) < 4.78 is 44.8. The second-order valence-electron chi connectivity index (χ2n) is 6.07. The predicted molar refractivity (Wildman–Crippen MR) is 109 cm³/mol. The Bertz CT molecular complexity index is 885. The number of hydrogen-bond acceptors (Lipinski definition) is 6. The van der Waals surface area contributed by atoms with Crippen molar-refractivity contribution >= 4 is 22.4 Å². The number of para-hydroxylation sites is 1. The van der Waals surface area contributed by atoms with Crippen LogP contribution in [0.2, 0.25) is 0 Å². The summed E-state index contributed by atoms with van der Waals surface area (Å²) in [4.78, 5) is 0.0387. The van der Waals surface area contributed by atoms with Crippen LogP contribution in [-0.4, -0.2) is 53.7 Å². The van der Waals surface area contributed by atoms with Gasteiger partial charge in [0.2, 0.25) is 0 Å². The van der Waals surface area contributed by atoms with E-state index in [1.54, 1.807) is 25.3 Å². The number of rotatable bonds is 6. The Morgan fingerprint density at radius 1 is 0.929 bits per heavy atom. The smallest absolute Gasteiger partial charge is 0.251 e. The monoisotopic (exact) mass is 428 g/mol. The molecule has 7 nitrogen and oxygen atoms in total. The first kappa shape index (κ1) is 22.3. The van der Waals surface area contributed by atoms with Gasteiger partial charge in [0.15, 0.2) is 4.90 Å². The standard InChI is InChI=1S/C19H24N2O5S.ClH/c1-24-16-8-5-4-7-14(16)15-13-20-11-12-21(15)27(22,23)19-17(25-2)9-6-10-18(19)26-3;/h4-10,15,20H,11-13H2,1-3H3;1H. The molecule has 0 radical (unpaired) electrons. The minimum Gasteiger partial charge on any atom is -0.496 e. The third-order valence-electron chi connectivity index (χ3n) is 4.64. The fourth-order valence-corrected chi connectivity index (χ4v) is 5.27. The van der Waals surface area contributed by atoms with Gasteiger partial charge in [-0.15, -0.1) is 12.4 Å². The first-order chi connectivity index (χ1) is 13.0. The topological polar surface area (TPSA) is 77.1 Å². The summed E-state index contributed by atoms with van der Waals surface area (Å²) >= 11 is 0. The quantitative estimate of drug-likeness (QED) is 0.761. The molecule has 9 heteroatoms. The number of sulfonamides is 1. The molecule has 2 aromatic carbocycles. The van der Waals surface area contributed by atoms with E-state index in [2.05, 4.69) is 5.32 Å². The predicted octanol–water partition coefficient (Wildman–Crippen LogP) is 2.47. The first-order valence-electron chi connectivity index (χ1n) is 8.61. The highest BCUT2D eigenvalue weighted by Crippen LogP contribution is 2.40. The molecule has 0 aliphatic carbocycles. The molecule has 1 heterocycles. The molecule has 0 amide bonds. The molecule has 28 heavy (non-hydrogen) atoms. The maximum Gasteiger partial charge on any atom is 0.251 e. The van der Waals surface area contributed by atoms with Gasteiger partial charge in [0.25, 0.3) is 10.0 Å². The summed E-state index contributed by atoms with van der Waals surface area (Å²) in [7, 11) is 0.594. The lowest BCUT2D eigenvalue weighted by Gasteiger charge is -2.36. The van der Waals surface area contributed by atoms with Gasteiger partial charge in [-0.25, -0.2) is 8.42 Å². The molecule has 154 valence electrons. The Kier molecular flexibility index (Phi) is 7.54. The highest BCUT2D eigenvalue weighted by Gasteiger charge is 2.39. The number of piperazine rings is 1. The van der Waals surface area contributed by atoms with E-state index in [1.165, 1.54) is 18.5 Å². The summed E-state index contributed by atoms with van der Waals surface area (Å²) in [6, 6.07) is 12.0. The number of benzene rings is 2. The minimum absolute atomic E-state index is 0. The summed E-state index contributed by atoms with van der Waals surface area (Å²) in [6.07, 6.45) is 0. The number of nitrogens with one attached hydrogen (secondary N) is 1. The second kappa shape index (κ2) is 9.47. The van der Waals surface area contributed by atoms with Crippen LogP contribution in [0.5, 0.6) is 17.2 Å². The van der Waals surface area contributed by atoms with Crippen molar-refractivity contribution in [3.8, 4) is 17.2 Å². The lowest BCUT2D eigenvalue weighted by Crippen LogP contribution is -2.48. The van der Waals surface area contributed by atoms with Crippen molar-refractivity contribution in [3.05, 3.63) is 48.0 Å². The number of hydrogen-bond donors (Lipinski definition) is 1. The van der Waals surface area contributed by atoms with Crippen LogP contribution in [0.4, 0.5) is 0 Å². The molecule has 0 aromatic heterocycles. The van der Waals surface area contributed by atoms with Gasteiger partial charge < -0.3 is 19.5 Å². The van der Waals surface area contributed by atoms with Crippen molar-refractivity contribution in [1.29, 1.82) is 0 Å². The van der Waals surface area contributed by atoms with Gasteiger partial charge in [0, 0.05) is 25.2 Å². The molecule has 0 saturated carbocycles. The zero-order chi connectivity index (χ0) is 19.4. The van der Waals surface area contributed by atoms with Crippen molar-refractivity contribution < 1.29 is 22.6 Å².